The first-order valence-electron chi connectivity index (χ1n) is 2.73. The SMILES string of the molecule is CN=C(NC#N)NC(C)Cl. The van der Waals surface area contributed by atoms with E-state index in [9.17, 15) is 0 Å². The molecule has 5 heteroatoms. The smallest absolute Gasteiger partial charge is 0.205 e. The Morgan fingerprint density at radius 2 is 2.40 bits per heavy atom. The van der Waals surface area contributed by atoms with Crippen LogP contribution in [-0.4, -0.2) is 18.5 Å². The van der Waals surface area contributed by atoms with Crippen molar-refractivity contribution in [2.75, 3.05) is 7.05 Å². The summed E-state index contributed by atoms with van der Waals surface area (Å²) in [5.74, 6) is 0.380. The van der Waals surface area contributed by atoms with Crippen molar-refractivity contribution in [1.82, 2.24) is 10.6 Å². The average Bonchev–Trinajstić information content (AvgIpc) is 1.86. The van der Waals surface area contributed by atoms with Gasteiger partial charge in [0.1, 0.15) is 5.50 Å². The molecule has 0 aromatic carbocycles. The highest BCUT2D eigenvalue weighted by Crippen LogP contribution is 1.84. The molecule has 0 rings (SSSR count). The van der Waals surface area contributed by atoms with E-state index in [2.05, 4.69) is 15.6 Å². The second-order valence-electron chi connectivity index (χ2n) is 1.57. The molecule has 0 amide bonds. The Morgan fingerprint density at radius 1 is 1.80 bits per heavy atom. The zero-order valence-corrected chi connectivity index (χ0v) is 6.61. The molecule has 0 saturated carbocycles. The van der Waals surface area contributed by atoms with Gasteiger partial charge in [0.15, 0.2) is 6.19 Å². The minimum atomic E-state index is -0.237. The van der Waals surface area contributed by atoms with E-state index in [4.69, 9.17) is 16.9 Å². The first-order chi connectivity index (χ1) is 4.70. The fourth-order valence-corrected chi connectivity index (χ4v) is 0.501. The van der Waals surface area contributed by atoms with Crippen LogP contribution in [0, 0.1) is 11.5 Å². The van der Waals surface area contributed by atoms with E-state index >= 15 is 0 Å². The summed E-state index contributed by atoms with van der Waals surface area (Å²) in [5.41, 5.74) is -0.237. The lowest BCUT2D eigenvalue weighted by Gasteiger charge is -2.07. The summed E-state index contributed by atoms with van der Waals surface area (Å²) in [6, 6.07) is 0. The van der Waals surface area contributed by atoms with Crippen molar-refractivity contribution in [3.8, 4) is 6.19 Å². The number of aliphatic imine (C=N–C) groups is 1. The van der Waals surface area contributed by atoms with E-state index in [-0.39, 0.29) is 5.50 Å². The summed E-state index contributed by atoms with van der Waals surface area (Å²) in [7, 11) is 1.56. The lowest BCUT2D eigenvalue weighted by molar-refractivity contribution is 0.856. The molecule has 1 atom stereocenters. The van der Waals surface area contributed by atoms with Crippen molar-refractivity contribution in [3.63, 3.8) is 0 Å². The summed E-state index contributed by atoms with van der Waals surface area (Å²) >= 11 is 5.55. The van der Waals surface area contributed by atoms with Crippen LogP contribution in [0.4, 0.5) is 0 Å². The molecule has 0 aliphatic heterocycles. The van der Waals surface area contributed by atoms with Crippen LogP contribution in [0.3, 0.4) is 0 Å². The Balaban J connectivity index is 3.76. The van der Waals surface area contributed by atoms with Gasteiger partial charge >= 0.3 is 0 Å². The number of guanidine groups is 1. The van der Waals surface area contributed by atoms with Gasteiger partial charge in [-0.05, 0) is 6.92 Å². The first-order valence-corrected chi connectivity index (χ1v) is 3.17. The van der Waals surface area contributed by atoms with Gasteiger partial charge < -0.3 is 5.32 Å². The van der Waals surface area contributed by atoms with E-state index in [0.29, 0.717) is 5.96 Å². The standard InChI is InChI=1S/C5H9ClN4/c1-4(6)10-5(8-2)9-3-7/h4H,1-2H3,(H2,8,9,10). The second-order valence-corrected chi connectivity index (χ2v) is 2.22. The van der Waals surface area contributed by atoms with E-state index in [1.54, 1.807) is 20.2 Å². The van der Waals surface area contributed by atoms with Crippen molar-refractivity contribution in [2.24, 2.45) is 4.99 Å². The fraction of sp³-hybridized carbons (Fsp3) is 0.600. The van der Waals surface area contributed by atoms with Gasteiger partial charge in [-0.25, -0.2) is 0 Å². The molecular weight excluding hydrogens is 152 g/mol. The Kier molecular flexibility index (Phi) is 4.42. The maximum absolute atomic E-state index is 8.16. The van der Waals surface area contributed by atoms with Gasteiger partial charge in [0.05, 0.1) is 0 Å². The minimum Gasteiger partial charge on any atom is -0.340 e. The number of rotatable bonds is 1. The molecule has 0 radical (unpaired) electrons. The monoisotopic (exact) mass is 160 g/mol. The Morgan fingerprint density at radius 3 is 2.70 bits per heavy atom. The van der Waals surface area contributed by atoms with Crippen LogP contribution < -0.4 is 10.6 Å². The van der Waals surface area contributed by atoms with Crippen LogP contribution >= 0.6 is 11.6 Å². The number of hydrogen-bond donors (Lipinski definition) is 2. The summed E-state index contributed by atoms with van der Waals surface area (Å²) < 4.78 is 0. The predicted octanol–water partition coefficient (Wildman–Crippen LogP) is 0.217. The lowest BCUT2D eigenvalue weighted by Crippen LogP contribution is -2.37. The molecule has 10 heavy (non-hydrogen) atoms. The van der Waals surface area contributed by atoms with E-state index in [0.717, 1.165) is 0 Å². The van der Waals surface area contributed by atoms with Crippen LogP contribution in [0.15, 0.2) is 4.99 Å². The maximum atomic E-state index is 8.16. The predicted molar refractivity (Wildman–Crippen MR) is 40.6 cm³/mol. The summed E-state index contributed by atoms with van der Waals surface area (Å²) in [4.78, 5) is 3.71. The van der Waals surface area contributed by atoms with E-state index in [1.807, 2.05) is 0 Å². The molecule has 2 N–H and O–H groups in total. The van der Waals surface area contributed by atoms with Crippen LogP contribution in [0.5, 0.6) is 0 Å². The molecule has 4 nitrogen and oxygen atoms in total. The highest BCUT2D eigenvalue weighted by atomic mass is 35.5. The topological polar surface area (TPSA) is 60.2 Å². The zero-order valence-electron chi connectivity index (χ0n) is 5.85. The average molecular weight is 161 g/mol. The number of halogens is 1. The van der Waals surface area contributed by atoms with Gasteiger partial charge in [0.25, 0.3) is 0 Å². The molecule has 0 aromatic heterocycles. The van der Waals surface area contributed by atoms with E-state index < -0.39 is 0 Å². The van der Waals surface area contributed by atoms with Gasteiger partial charge in [0, 0.05) is 7.05 Å². The number of nitrogens with one attached hydrogen (secondary N) is 2. The highest BCUT2D eigenvalue weighted by molar-refractivity contribution is 6.21. The molecule has 0 spiro atoms. The zero-order chi connectivity index (χ0) is 7.98. The first kappa shape index (κ1) is 9.05. The Labute approximate surface area is 64.9 Å². The second kappa shape index (κ2) is 4.89. The molecular formula is C5H9ClN4. The Bertz CT molecular complexity index is 158. The molecule has 1 unspecified atom stereocenters. The molecule has 0 bridgehead atoms. The largest absolute Gasteiger partial charge is 0.340 e. The van der Waals surface area contributed by atoms with Crippen LogP contribution in [0.25, 0.3) is 0 Å². The minimum absolute atomic E-state index is 0.237. The lowest BCUT2D eigenvalue weighted by atomic mass is 10.7. The third-order valence-electron chi connectivity index (χ3n) is 0.734. The normalized spacial score (nSPS) is 13.6. The number of nitriles is 1. The number of nitrogens with zero attached hydrogens (tertiary/aromatic N) is 2. The summed E-state index contributed by atoms with van der Waals surface area (Å²) in [6.07, 6.45) is 1.72. The molecule has 56 valence electrons. The van der Waals surface area contributed by atoms with Crippen LogP contribution in [-0.2, 0) is 0 Å². The number of hydrogen-bond acceptors (Lipinski definition) is 2. The highest BCUT2D eigenvalue weighted by Gasteiger charge is 1.97. The molecule has 0 aliphatic carbocycles. The maximum Gasteiger partial charge on any atom is 0.205 e. The third kappa shape index (κ3) is 3.98. The van der Waals surface area contributed by atoms with Gasteiger partial charge in [0.2, 0.25) is 5.96 Å². The molecule has 0 saturated heterocycles. The van der Waals surface area contributed by atoms with Crippen molar-refractivity contribution >= 4 is 17.6 Å². The number of alkyl halides is 1. The molecule has 0 heterocycles. The quantitative estimate of drug-likeness (QED) is 0.144. The summed E-state index contributed by atoms with van der Waals surface area (Å²) in [5, 5.41) is 13.2. The van der Waals surface area contributed by atoms with Gasteiger partial charge in [-0.1, -0.05) is 11.6 Å². The molecule has 0 aromatic rings. The van der Waals surface area contributed by atoms with Crippen molar-refractivity contribution in [3.05, 3.63) is 0 Å². The van der Waals surface area contributed by atoms with Crippen molar-refractivity contribution < 1.29 is 0 Å². The fourth-order valence-electron chi connectivity index (χ4n) is 0.398. The molecule has 0 fully saturated rings. The molecule has 0 aliphatic rings. The van der Waals surface area contributed by atoms with Crippen molar-refractivity contribution in [2.45, 2.75) is 12.4 Å². The van der Waals surface area contributed by atoms with Gasteiger partial charge in [-0.15, -0.1) is 0 Å². The van der Waals surface area contributed by atoms with Gasteiger partial charge in [-0.3, -0.25) is 10.3 Å². The Hall–Kier alpha value is -0.950. The van der Waals surface area contributed by atoms with E-state index in [1.165, 1.54) is 0 Å². The van der Waals surface area contributed by atoms with Crippen molar-refractivity contribution in [1.29, 1.82) is 5.26 Å². The van der Waals surface area contributed by atoms with Crippen LogP contribution in [0.1, 0.15) is 6.92 Å². The third-order valence-corrected chi connectivity index (χ3v) is 0.843. The van der Waals surface area contributed by atoms with Crippen LogP contribution in [0.2, 0.25) is 0 Å². The summed E-state index contributed by atoms with van der Waals surface area (Å²) in [6.45, 7) is 1.74. The van der Waals surface area contributed by atoms with Gasteiger partial charge in [-0.2, -0.15) is 5.26 Å².